The third-order valence-electron chi connectivity index (χ3n) is 3.46. The summed E-state index contributed by atoms with van der Waals surface area (Å²) in [7, 11) is 0. The zero-order chi connectivity index (χ0) is 14.7. The lowest BCUT2D eigenvalue weighted by atomic mass is 10.1. The molecule has 1 aliphatic heterocycles. The number of para-hydroxylation sites is 2. The summed E-state index contributed by atoms with van der Waals surface area (Å²) >= 11 is 0. The standard InChI is InChI=1S/C14H17N5O2/c20-12-11(7-3-4-8-15-12)18-14(21)19-13-16-9-5-1-2-6-10(9)17-13/h1-2,5-6,11H,3-4,7-8H2,(H,15,20)(H3,16,17,18,19,21)/t11-/m1/s1. The Morgan fingerprint density at radius 1 is 1.29 bits per heavy atom. The van der Waals surface area contributed by atoms with Crippen molar-refractivity contribution >= 4 is 28.9 Å². The van der Waals surface area contributed by atoms with Gasteiger partial charge < -0.3 is 15.6 Å². The average Bonchev–Trinajstić information content (AvgIpc) is 2.76. The van der Waals surface area contributed by atoms with Crippen LogP contribution in [0.3, 0.4) is 0 Å². The number of nitrogens with one attached hydrogen (secondary N) is 4. The zero-order valence-electron chi connectivity index (χ0n) is 11.5. The highest BCUT2D eigenvalue weighted by Crippen LogP contribution is 2.13. The summed E-state index contributed by atoms with van der Waals surface area (Å²) in [4.78, 5) is 31.0. The van der Waals surface area contributed by atoms with Crippen LogP contribution in [0.25, 0.3) is 11.0 Å². The lowest BCUT2D eigenvalue weighted by molar-refractivity contribution is -0.122. The van der Waals surface area contributed by atoms with Crippen molar-refractivity contribution in [3.63, 3.8) is 0 Å². The molecule has 0 unspecified atom stereocenters. The average molecular weight is 287 g/mol. The number of nitrogens with zero attached hydrogens (tertiary/aromatic N) is 1. The van der Waals surface area contributed by atoms with Crippen LogP contribution >= 0.6 is 0 Å². The van der Waals surface area contributed by atoms with Gasteiger partial charge in [0.05, 0.1) is 11.0 Å². The van der Waals surface area contributed by atoms with Gasteiger partial charge in [0.2, 0.25) is 11.9 Å². The van der Waals surface area contributed by atoms with E-state index in [9.17, 15) is 9.59 Å². The van der Waals surface area contributed by atoms with E-state index in [0.717, 1.165) is 23.9 Å². The first-order chi connectivity index (χ1) is 10.2. The Kier molecular flexibility index (Phi) is 3.72. The Morgan fingerprint density at radius 3 is 3.00 bits per heavy atom. The number of rotatable bonds is 2. The van der Waals surface area contributed by atoms with Crippen LogP contribution in [0.15, 0.2) is 24.3 Å². The fraction of sp³-hybridized carbons (Fsp3) is 0.357. The molecule has 1 aromatic heterocycles. The molecule has 1 aromatic carbocycles. The number of aromatic amines is 1. The molecule has 2 heterocycles. The van der Waals surface area contributed by atoms with Crippen LogP contribution in [-0.4, -0.2) is 34.5 Å². The highest BCUT2D eigenvalue weighted by atomic mass is 16.2. The van der Waals surface area contributed by atoms with Crippen molar-refractivity contribution in [2.24, 2.45) is 0 Å². The van der Waals surface area contributed by atoms with Gasteiger partial charge in [-0.25, -0.2) is 9.78 Å². The molecule has 1 aliphatic rings. The number of urea groups is 1. The summed E-state index contributed by atoms with van der Waals surface area (Å²) in [6, 6.07) is 6.58. The molecular weight excluding hydrogens is 270 g/mol. The number of carbonyl (C=O) groups is 2. The maximum Gasteiger partial charge on any atom is 0.322 e. The van der Waals surface area contributed by atoms with E-state index in [0.29, 0.717) is 18.9 Å². The molecule has 2 aromatic rings. The maximum absolute atomic E-state index is 12.0. The van der Waals surface area contributed by atoms with Gasteiger partial charge in [0, 0.05) is 6.54 Å². The molecular formula is C14H17N5O2. The number of imidazole rings is 1. The monoisotopic (exact) mass is 287 g/mol. The molecule has 0 bridgehead atoms. The first-order valence-electron chi connectivity index (χ1n) is 7.02. The van der Waals surface area contributed by atoms with Crippen molar-refractivity contribution in [3.8, 4) is 0 Å². The van der Waals surface area contributed by atoms with Crippen LogP contribution in [0.5, 0.6) is 0 Å². The lowest BCUT2D eigenvalue weighted by Crippen LogP contribution is -2.47. The van der Waals surface area contributed by atoms with Gasteiger partial charge in [-0.2, -0.15) is 0 Å². The highest BCUT2D eigenvalue weighted by Gasteiger charge is 2.22. The summed E-state index contributed by atoms with van der Waals surface area (Å²) in [6.45, 7) is 0.669. The molecule has 7 nitrogen and oxygen atoms in total. The summed E-state index contributed by atoms with van der Waals surface area (Å²) in [5, 5.41) is 8.08. The van der Waals surface area contributed by atoms with Gasteiger partial charge in [0.15, 0.2) is 0 Å². The number of aromatic nitrogens is 2. The number of amides is 3. The summed E-state index contributed by atoms with van der Waals surface area (Å²) in [5.41, 5.74) is 1.63. The molecule has 7 heteroatoms. The van der Waals surface area contributed by atoms with Gasteiger partial charge >= 0.3 is 6.03 Å². The van der Waals surface area contributed by atoms with E-state index in [1.807, 2.05) is 24.3 Å². The summed E-state index contributed by atoms with van der Waals surface area (Å²) in [6.07, 6.45) is 2.50. The van der Waals surface area contributed by atoms with E-state index in [1.54, 1.807) is 0 Å². The number of benzene rings is 1. The van der Waals surface area contributed by atoms with Crippen LogP contribution in [-0.2, 0) is 4.79 Å². The first-order valence-corrected chi connectivity index (χ1v) is 7.02. The highest BCUT2D eigenvalue weighted by molar-refractivity contribution is 5.93. The SMILES string of the molecule is O=C(Nc1nc2ccccc2[nH]1)N[C@@H]1CCCCNC1=O. The van der Waals surface area contributed by atoms with Crippen LogP contribution in [0.2, 0.25) is 0 Å². The topological polar surface area (TPSA) is 98.9 Å². The molecule has 0 radical (unpaired) electrons. The quantitative estimate of drug-likeness (QED) is 0.671. The van der Waals surface area contributed by atoms with E-state index in [1.165, 1.54) is 0 Å². The number of H-pyrrole nitrogens is 1. The molecule has 1 saturated heterocycles. The molecule has 110 valence electrons. The number of hydrogen-bond acceptors (Lipinski definition) is 3. The number of fused-ring (bicyclic) bond motifs is 1. The normalized spacial score (nSPS) is 18.9. The predicted molar refractivity (Wildman–Crippen MR) is 78.9 cm³/mol. The van der Waals surface area contributed by atoms with Gasteiger partial charge in [0.25, 0.3) is 0 Å². The van der Waals surface area contributed by atoms with Crippen molar-refractivity contribution in [3.05, 3.63) is 24.3 Å². The predicted octanol–water partition coefficient (Wildman–Crippen LogP) is 1.35. The zero-order valence-corrected chi connectivity index (χ0v) is 11.5. The van der Waals surface area contributed by atoms with Crippen molar-refractivity contribution in [2.45, 2.75) is 25.3 Å². The molecule has 0 spiro atoms. The first kappa shape index (κ1) is 13.4. The van der Waals surface area contributed by atoms with E-state index in [4.69, 9.17) is 0 Å². The van der Waals surface area contributed by atoms with Crippen LogP contribution in [0.4, 0.5) is 10.7 Å². The van der Waals surface area contributed by atoms with Gasteiger partial charge in [-0.05, 0) is 31.4 Å². The molecule has 1 fully saturated rings. The fourth-order valence-electron chi connectivity index (χ4n) is 2.39. The molecule has 3 amide bonds. The summed E-state index contributed by atoms with van der Waals surface area (Å²) < 4.78 is 0. The lowest BCUT2D eigenvalue weighted by Gasteiger charge is -2.14. The van der Waals surface area contributed by atoms with Crippen molar-refractivity contribution < 1.29 is 9.59 Å². The van der Waals surface area contributed by atoms with Gasteiger partial charge in [-0.3, -0.25) is 10.1 Å². The van der Waals surface area contributed by atoms with Crippen molar-refractivity contribution in [2.75, 3.05) is 11.9 Å². The number of anilines is 1. The van der Waals surface area contributed by atoms with Crippen LogP contribution < -0.4 is 16.0 Å². The van der Waals surface area contributed by atoms with E-state index in [-0.39, 0.29) is 5.91 Å². The Hall–Kier alpha value is -2.57. The number of hydrogen-bond donors (Lipinski definition) is 4. The second-order valence-electron chi connectivity index (χ2n) is 5.04. The Morgan fingerprint density at radius 2 is 2.14 bits per heavy atom. The minimum absolute atomic E-state index is 0.132. The van der Waals surface area contributed by atoms with Crippen molar-refractivity contribution in [1.82, 2.24) is 20.6 Å². The Labute approximate surface area is 121 Å². The minimum atomic E-state index is -0.489. The Bertz CT molecular complexity index is 633. The third kappa shape index (κ3) is 3.13. The number of carbonyl (C=O) groups excluding carboxylic acids is 2. The molecule has 0 saturated carbocycles. The van der Waals surface area contributed by atoms with Gasteiger partial charge in [-0.15, -0.1) is 0 Å². The largest absolute Gasteiger partial charge is 0.354 e. The molecule has 0 aliphatic carbocycles. The molecule has 4 N–H and O–H groups in total. The molecule has 1 atom stereocenters. The minimum Gasteiger partial charge on any atom is -0.354 e. The van der Waals surface area contributed by atoms with Gasteiger partial charge in [0.1, 0.15) is 6.04 Å². The van der Waals surface area contributed by atoms with E-state index >= 15 is 0 Å². The van der Waals surface area contributed by atoms with Crippen LogP contribution in [0.1, 0.15) is 19.3 Å². The van der Waals surface area contributed by atoms with E-state index < -0.39 is 12.1 Å². The van der Waals surface area contributed by atoms with E-state index in [2.05, 4.69) is 25.9 Å². The second kappa shape index (κ2) is 5.82. The Balaban J connectivity index is 1.64. The third-order valence-corrected chi connectivity index (χ3v) is 3.46. The van der Waals surface area contributed by atoms with Crippen molar-refractivity contribution in [1.29, 1.82) is 0 Å². The smallest absolute Gasteiger partial charge is 0.322 e. The van der Waals surface area contributed by atoms with Crippen LogP contribution in [0, 0.1) is 0 Å². The summed E-state index contributed by atoms with van der Waals surface area (Å²) in [5.74, 6) is 0.231. The fourth-order valence-corrected chi connectivity index (χ4v) is 2.39. The maximum atomic E-state index is 12.0. The second-order valence-corrected chi connectivity index (χ2v) is 5.04. The van der Waals surface area contributed by atoms with Gasteiger partial charge in [-0.1, -0.05) is 12.1 Å². The molecule has 21 heavy (non-hydrogen) atoms. The molecule has 3 rings (SSSR count).